The molecule has 16 heavy (non-hydrogen) atoms. The van der Waals surface area contributed by atoms with E-state index in [4.69, 9.17) is 25.8 Å². The lowest BCUT2D eigenvalue weighted by Gasteiger charge is -2.20. The molecule has 0 N–H and O–H groups in total. The van der Waals surface area contributed by atoms with E-state index in [0.29, 0.717) is 5.05 Å². The van der Waals surface area contributed by atoms with Crippen molar-refractivity contribution in [2.75, 3.05) is 6.61 Å². The molecule has 0 bridgehead atoms. The normalized spacial score (nSPS) is 11.8. The van der Waals surface area contributed by atoms with Crippen molar-refractivity contribution in [3.63, 3.8) is 0 Å². The fourth-order valence-corrected chi connectivity index (χ4v) is 2.40. The lowest BCUT2D eigenvalue weighted by molar-refractivity contribution is -0.138. The molecule has 0 radical (unpaired) electrons. The van der Waals surface area contributed by atoms with Gasteiger partial charge in [0, 0.05) is 20.8 Å². The number of carbonyl (C=O) groups is 2. The highest BCUT2D eigenvalue weighted by Crippen LogP contribution is 2.13. The first-order chi connectivity index (χ1) is 7.32. The van der Waals surface area contributed by atoms with Crippen molar-refractivity contribution in [2.24, 2.45) is 0 Å². The first-order valence-electron chi connectivity index (χ1n) is 4.80. The summed E-state index contributed by atoms with van der Waals surface area (Å²) in [5.41, 5.74) is -0.147. The van der Waals surface area contributed by atoms with Crippen LogP contribution in [0.5, 0.6) is 0 Å². The number of hydrogen-bond donors (Lipinski definition) is 0. The summed E-state index contributed by atoms with van der Waals surface area (Å²) in [5, 5.41) is 0.408. The van der Waals surface area contributed by atoms with Crippen LogP contribution in [0.25, 0.3) is 0 Å². The Morgan fingerprint density at radius 1 is 1.19 bits per heavy atom. The van der Waals surface area contributed by atoms with Crippen LogP contribution >= 0.6 is 12.2 Å². The van der Waals surface area contributed by atoms with Crippen molar-refractivity contribution in [3.05, 3.63) is 0 Å². The van der Waals surface area contributed by atoms with Crippen LogP contribution in [0.3, 0.4) is 0 Å². The molecule has 0 saturated carbocycles. The van der Waals surface area contributed by atoms with Gasteiger partial charge in [-0.3, -0.25) is 9.59 Å². The molecule has 5 nitrogen and oxygen atoms in total. The zero-order valence-corrected chi connectivity index (χ0v) is 11.8. The molecule has 0 aliphatic carbocycles. The molecule has 0 fully saturated rings. The van der Waals surface area contributed by atoms with E-state index in [9.17, 15) is 9.59 Å². The predicted molar refractivity (Wildman–Crippen MR) is 64.3 cm³/mol. The molecule has 1 atom stereocenters. The SMILES string of the molecule is CC(=O)O[SiH](OC(C)=O)C(C)COC(C)=S. The summed E-state index contributed by atoms with van der Waals surface area (Å²) in [6.07, 6.45) is 0. The van der Waals surface area contributed by atoms with Crippen LogP contribution in [-0.4, -0.2) is 32.9 Å². The second-order valence-electron chi connectivity index (χ2n) is 3.37. The Morgan fingerprint density at radius 3 is 1.94 bits per heavy atom. The number of hydrogen-bond acceptors (Lipinski definition) is 6. The number of thiocarbonyl (C=S) groups is 1. The van der Waals surface area contributed by atoms with E-state index in [1.54, 1.807) is 13.8 Å². The summed E-state index contributed by atoms with van der Waals surface area (Å²) in [6, 6.07) is 0. The van der Waals surface area contributed by atoms with Gasteiger partial charge in [0.1, 0.15) is 0 Å². The Labute approximate surface area is 102 Å². The van der Waals surface area contributed by atoms with E-state index < -0.39 is 21.2 Å². The quantitative estimate of drug-likeness (QED) is 0.547. The molecule has 0 aromatic rings. The summed E-state index contributed by atoms with van der Waals surface area (Å²) >= 11 is 4.75. The van der Waals surface area contributed by atoms with E-state index in [1.165, 1.54) is 13.8 Å². The van der Waals surface area contributed by atoms with Crippen LogP contribution in [0, 0.1) is 0 Å². The Kier molecular flexibility index (Phi) is 6.90. The van der Waals surface area contributed by atoms with Crippen LogP contribution in [0.4, 0.5) is 0 Å². The maximum absolute atomic E-state index is 10.8. The standard InChI is InChI=1S/C9H16O5SSi/c1-6(5-12-9(4)15)16(13-7(2)10)14-8(3)11/h6,16H,5H2,1-4H3. The Hall–Kier alpha value is -0.953. The fraction of sp³-hybridized carbons (Fsp3) is 0.667. The van der Waals surface area contributed by atoms with E-state index in [2.05, 4.69) is 0 Å². The number of ether oxygens (including phenoxy) is 1. The molecule has 92 valence electrons. The largest absolute Gasteiger partial charge is 0.487 e. The van der Waals surface area contributed by atoms with Crippen molar-refractivity contribution in [2.45, 2.75) is 33.2 Å². The molecule has 0 aromatic heterocycles. The molecule has 1 unspecified atom stereocenters. The van der Waals surface area contributed by atoms with Gasteiger partial charge in [0.05, 0.1) is 12.1 Å². The zero-order valence-electron chi connectivity index (χ0n) is 9.81. The second kappa shape index (κ2) is 7.34. The molecule has 0 rings (SSSR count). The highest BCUT2D eigenvalue weighted by molar-refractivity contribution is 7.80. The van der Waals surface area contributed by atoms with Gasteiger partial charge in [0.15, 0.2) is 5.05 Å². The highest BCUT2D eigenvalue weighted by atomic mass is 32.1. The Bertz CT molecular complexity index is 265. The van der Waals surface area contributed by atoms with Crippen LogP contribution in [-0.2, 0) is 23.2 Å². The van der Waals surface area contributed by atoms with Gasteiger partial charge < -0.3 is 13.6 Å². The summed E-state index contributed by atoms with van der Waals surface area (Å²) in [6.45, 7) is 6.28. The van der Waals surface area contributed by atoms with Gasteiger partial charge in [-0.25, -0.2) is 0 Å². The third-order valence-corrected chi connectivity index (χ3v) is 3.95. The van der Waals surface area contributed by atoms with Gasteiger partial charge in [0.2, 0.25) is 0 Å². The minimum atomic E-state index is -2.39. The van der Waals surface area contributed by atoms with E-state index in [0.717, 1.165) is 0 Å². The van der Waals surface area contributed by atoms with E-state index in [-0.39, 0.29) is 12.1 Å². The fourth-order valence-electron chi connectivity index (χ4n) is 0.911. The van der Waals surface area contributed by atoms with Crippen LogP contribution in [0.2, 0.25) is 5.54 Å². The maximum atomic E-state index is 10.8. The Morgan fingerprint density at radius 2 is 1.62 bits per heavy atom. The molecule has 0 spiro atoms. The van der Waals surface area contributed by atoms with Crippen LogP contribution < -0.4 is 0 Å². The minimum absolute atomic E-state index is 0.147. The zero-order chi connectivity index (χ0) is 12.7. The lowest BCUT2D eigenvalue weighted by atomic mass is 10.5. The first kappa shape index (κ1) is 15.0. The average molecular weight is 264 g/mol. The molecule has 7 heteroatoms. The maximum Gasteiger partial charge on any atom is 0.454 e. The third-order valence-electron chi connectivity index (χ3n) is 1.58. The van der Waals surface area contributed by atoms with Crippen molar-refractivity contribution in [3.8, 4) is 0 Å². The van der Waals surface area contributed by atoms with Crippen molar-refractivity contribution in [1.29, 1.82) is 0 Å². The van der Waals surface area contributed by atoms with Crippen molar-refractivity contribution < 1.29 is 23.2 Å². The van der Waals surface area contributed by atoms with Crippen LogP contribution in [0.1, 0.15) is 27.7 Å². The first-order valence-corrected chi connectivity index (χ1v) is 6.82. The molecule has 0 heterocycles. The smallest absolute Gasteiger partial charge is 0.454 e. The minimum Gasteiger partial charge on any atom is -0.487 e. The summed E-state index contributed by atoms with van der Waals surface area (Å²) in [7, 11) is -2.39. The monoisotopic (exact) mass is 264 g/mol. The second-order valence-corrected chi connectivity index (χ2v) is 6.29. The topological polar surface area (TPSA) is 61.8 Å². The van der Waals surface area contributed by atoms with E-state index >= 15 is 0 Å². The molecule has 0 aromatic carbocycles. The number of rotatable bonds is 5. The van der Waals surface area contributed by atoms with Gasteiger partial charge in [-0.1, -0.05) is 6.92 Å². The molecule has 0 saturated heterocycles. The van der Waals surface area contributed by atoms with Gasteiger partial charge in [-0.2, -0.15) is 0 Å². The molecule has 0 aliphatic heterocycles. The highest BCUT2D eigenvalue weighted by Gasteiger charge is 2.28. The molecule has 0 amide bonds. The average Bonchev–Trinajstić information content (AvgIpc) is 2.11. The third kappa shape index (κ3) is 7.35. The molecule has 0 aliphatic rings. The predicted octanol–water partition coefficient (Wildman–Crippen LogP) is 1.09. The summed E-state index contributed by atoms with van der Waals surface area (Å²) in [5.74, 6) is -0.910. The summed E-state index contributed by atoms with van der Waals surface area (Å²) < 4.78 is 15.1. The van der Waals surface area contributed by atoms with E-state index in [1.807, 2.05) is 0 Å². The van der Waals surface area contributed by atoms with Crippen LogP contribution in [0.15, 0.2) is 0 Å². The van der Waals surface area contributed by atoms with Gasteiger partial charge in [-0.15, -0.1) is 0 Å². The van der Waals surface area contributed by atoms with Gasteiger partial charge in [0.25, 0.3) is 11.9 Å². The van der Waals surface area contributed by atoms with Crippen molar-refractivity contribution in [1.82, 2.24) is 0 Å². The molecular weight excluding hydrogens is 248 g/mol. The Balaban J connectivity index is 4.30. The lowest BCUT2D eigenvalue weighted by Crippen LogP contribution is -2.33. The summed E-state index contributed by atoms with van der Waals surface area (Å²) in [4.78, 5) is 21.7. The molecular formula is C9H16O5SSi. The number of carbonyl (C=O) groups excluding carboxylic acids is 2. The van der Waals surface area contributed by atoms with Gasteiger partial charge >= 0.3 is 9.28 Å². The van der Waals surface area contributed by atoms with Gasteiger partial charge in [-0.05, 0) is 12.2 Å². The van der Waals surface area contributed by atoms with Crippen molar-refractivity contribution >= 4 is 38.5 Å².